The zero-order valence-corrected chi connectivity index (χ0v) is 33.6. The molecule has 0 amide bonds. The number of nitrogens with two attached hydrogens (primary N) is 4. The molecular weight excluding hydrogens is 796 g/mol. The maximum Gasteiger partial charge on any atom is 0.333 e. The lowest BCUT2D eigenvalue weighted by molar-refractivity contribution is -0.164. The van der Waals surface area contributed by atoms with Crippen LogP contribution in [0, 0.1) is 48.6 Å². The quantitative estimate of drug-likeness (QED) is 0.0330. The second-order valence-corrected chi connectivity index (χ2v) is 11.8. The van der Waals surface area contributed by atoms with Crippen molar-refractivity contribution >= 4 is 29.8 Å². The Bertz CT molecular complexity index is 2060. The summed E-state index contributed by atoms with van der Waals surface area (Å²) in [4.78, 5) is 58.3. The maximum atomic E-state index is 12.4. The first-order chi connectivity index (χ1) is 29.2. The lowest BCUT2D eigenvalue weighted by atomic mass is 10.1. The van der Waals surface area contributed by atoms with Crippen molar-refractivity contribution in [2.75, 3.05) is 26.4 Å². The van der Waals surface area contributed by atoms with E-state index in [4.69, 9.17) is 65.6 Å². The normalized spacial score (nSPS) is 9.61. The number of hydrogen-bond acceptors (Lipinski definition) is 18. The van der Waals surface area contributed by atoms with E-state index in [2.05, 4.69) is 68.3 Å². The van der Waals surface area contributed by atoms with Crippen LogP contribution in [0.3, 0.4) is 0 Å². The molecule has 18 heteroatoms. The highest BCUT2D eigenvalue weighted by Crippen LogP contribution is 2.25. The SMILES string of the molecule is C=C(C)C(=O)OCCCOC(=O)CCc1cc(OC#CN)cc(OC#CN)c1.C=CC(=O)OCC(COC(=O)C(=C)C)OC(=O)CCc1cc(OC#CN)cc(OC#CN)c1. The molecule has 18 nitrogen and oxygen atoms in total. The Morgan fingerprint density at radius 2 is 0.984 bits per heavy atom. The van der Waals surface area contributed by atoms with Crippen LogP contribution < -0.4 is 41.9 Å². The molecule has 0 saturated carbocycles. The number of hydrogen-bond donors (Lipinski definition) is 4. The van der Waals surface area contributed by atoms with Crippen molar-refractivity contribution in [2.45, 2.75) is 52.1 Å². The molecule has 0 aromatic heterocycles. The Labute approximate surface area is 353 Å². The number of carbonyl (C=O) groups is 5. The fourth-order valence-corrected chi connectivity index (χ4v) is 4.12. The number of esters is 5. The molecule has 0 radical (unpaired) electrons. The predicted molar refractivity (Wildman–Crippen MR) is 218 cm³/mol. The van der Waals surface area contributed by atoms with Crippen LogP contribution >= 0.6 is 0 Å². The minimum absolute atomic E-state index is 0.0611. The maximum absolute atomic E-state index is 12.4. The molecule has 0 fully saturated rings. The summed E-state index contributed by atoms with van der Waals surface area (Å²) in [5.41, 5.74) is 22.2. The van der Waals surface area contributed by atoms with E-state index < -0.39 is 30.0 Å². The Morgan fingerprint density at radius 3 is 1.39 bits per heavy atom. The summed E-state index contributed by atoms with van der Waals surface area (Å²) in [7, 11) is 0. The lowest BCUT2D eigenvalue weighted by Crippen LogP contribution is -2.30. The van der Waals surface area contributed by atoms with Gasteiger partial charge in [0.2, 0.25) is 0 Å². The first-order valence-corrected chi connectivity index (χ1v) is 17.8. The molecule has 0 bridgehead atoms. The van der Waals surface area contributed by atoms with E-state index in [1.165, 1.54) is 13.0 Å². The van der Waals surface area contributed by atoms with Crippen molar-refractivity contribution in [3.8, 4) is 71.6 Å². The first kappa shape index (κ1) is 50.7. The number of rotatable bonds is 22. The number of ether oxygens (including phenoxy) is 9. The highest BCUT2D eigenvalue weighted by molar-refractivity contribution is 5.87. The molecule has 61 heavy (non-hydrogen) atoms. The van der Waals surface area contributed by atoms with Crippen LogP contribution in [0.1, 0.15) is 44.2 Å². The molecule has 2 aromatic rings. The van der Waals surface area contributed by atoms with Gasteiger partial charge in [0.1, 0.15) is 60.6 Å². The van der Waals surface area contributed by atoms with E-state index in [9.17, 15) is 24.0 Å². The van der Waals surface area contributed by atoms with Gasteiger partial charge in [-0.25, -0.2) is 14.4 Å². The van der Waals surface area contributed by atoms with E-state index in [0.29, 0.717) is 47.0 Å². The minimum Gasteiger partial charge on any atom is -0.466 e. The summed E-state index contributed by atoms with van der Waals surface area (Å²) in [5, 5.41) is 0. The summed E-state index contributed by atoms with van der Waals surface area (Å²) in [6.45, 7) is 12.9. The van der Waals surface area contributed by atoms with E-state index >= 15 is 0 Å². The summed E-state index contributed by atoms with van der Waals surface area (Å²) < 4.78 is 45.8. The highest BCUT2D eigenvalue weighted by atomic mass is 16.6. The Morgan fingerprint density at radius 1 is 0.590 bits per heavy atom. The Kier molecular flexibility index (Phi) is 24.8. The third-order valence-electron chi connectivity index (χ3n) is 6.78. The monoisotopic (exact) mass is 842 g/mol. The van der Waals surface area contributed by atoms with Crippen LogP contribution in [0.25, 0.3) is 0 Å². The first-order valence-electron chi connectivity index (χ1n) is 17.8. The van der Waals surface area contributed by atoms with Crippen LogP contribution in [0.4, 0.5) is 0 Å². The molecule has 1 atom stereocenters. The van der Waals surface area contributed by atoms with Gasteiger partial charge < -0.3 is 65.6 Å². The van der Waals surface area contributed by atoms with Gasteiger partial charge in [0, 0.05) is 72.8 Å². The molecule has 0 aliphatic carbocycles. The Hall–Kier alpha value is -8.35. The summed E-state index contributed by atoms with van der Waals surface area (Å²) in [5.74, 6) is -1.47. The van der Waals surface area contributed by atoms with Gasteiger partial charge in [-0.1, -0.05) is 19.7 Å². The van der Waals surface area contributed by atoms with Crippen LogP contribution in [-0.4, -0.2) is 62.4 Å². The zero-order valence-electron chi connectivity index (χ0n) is 33.6. The predicted octanol–water partition coefficient (Wildman–Crippen LogP) is 2.07. The highest BCUT2D eigenvalue weighted by Gasteiger charge is 2.20. The summed E-state index contributed by atoms with van der Waals surface area (Å²) in [6, 6.07) is 18.2. The molecule has 0 aliphatic rings. The molecular formula is C43H46N4O14. The molecule has 2 aromatic carbocycles. The second-order valence-electron chi connectivity index (χ2n) is 11.8. The van der Waals surface area contributed by atoms with Gasteiger partial charge in [0.25, 0.3) is 0 Å². The van der Waals surface area contributed by atoms with Crippen molar-refractivity contribution in [2.24, 2.45) is 22.9 Å². The summed E-state index contributed by atoms with van der Waals surface area (Å²) in [6.07, 6.45) is 10.1. The van der Waals surface area contributed by atoms with Gasteiger partial charge in [-0.15, -0.1) is 0 Å². The number of benzene rings is 2. The topological polar surface area (TPSA) is 272 Å². The van der Waals surface area contributed by atoms with E-state index in [0.717, 1.165) is 11.6 Å². The molecule has 8 N–H and O–H groups in total. The average molecular weight is 843 g/mol. The molecule has 2 rings (SSSR count). The average Bonchev–Trinajstić information content (AvgIpc) is 3.25. The standard InChI is InChI=1S/C23H24N2O8.C20H22N2O6/c1-4-21(26)31-14-20(15-32-23(28)16(2)3)33-22(27)6-5-17-11-18(29-9-7-24)13-19(12-17)30-10-8-25;1-15(2)20(24)28-9-3-8-27-19(23)5-4-16-12-17(25-10-6-21)14-18(13-16)26-11-7-22/h4,11-13,20H,1-2,5-6,14-15,24-25H2,3H3;12-14H,1,3-5,8-9,21-22H2,2H3. The largest absolute Gasteiger partial charge is 0.466 e. The zero-order chi connectivity index (χ0) is 45.4. The van der Waals surface area contributed by atoms with Crippen molar-refractivity contribution < 1.29 is 66.6 Å². The van der Waals surface area contributed by atoms with Gasteiger partial charge in [-0.2, -0.15) is 0 Å². The van der Waals surface area contributed by atoms with Gasteiger partial charge in [-0.05, 0) is 62.1 Å². The van der Waals surface area contributed by atoms with E-state index in [1.807, 2.05) is 0 Å². The van der Waals surface area contributed by atoms with Crippen molar-refractivity contribution in [3.05, 3.63) is 84.5 Å². The van der Waals surface area contributed by atoms with Crippen molar-refractivity contribution in [1.29, 1.82) is 0 Å². The van der Waals surface area contributed by atoms with Crippen LogP contribution in [0.2, 0.25) is 0 Å². The number of carbonyl (C=O) groups excluding carboxylic acids is 5. The fourth-order valence-electron chi connectivity index (χ4n) is 4.12. The van der Waals surface area contributed by atoms with Gasteiger partial charge in [0.15, 0.2) is 6.10 Å². The smallest absolute Gasteiger partial charge is 0.333 e. The van der Waals surface area contributed by atoms with Crippen LogP contribution in [-0.2, 0) is 60.5 Å². The lowest BCUT2D eigenvalue weighted by Gasteiger charge is -2.18. The van der Waals surface area contributed by atoms with Gasteiger partial charge in [-0.3, -0.25) is 9.59 Å². The second kappa shape index (κ2) is 29.8. The van der Waals surface area contributed by atoms with Crippen LogP contribution in [0.15, 0.2) is 73.4 Å². The van der Waals surface area contributed by atoms with Gasteiger partial charge in [0.05, 0.1) is 13.2 Å². The summed E-state index contributed by atoms with van der Waals surface area (Å²) >= 11 is 0. The molecule has 0 heterocycles. The van der Waals surface area contributed by atoms with Crippen LogP contribution in [0.5, 0.6) is 23.0 Å². The Balaban J connectivity index is 0.000000618. The van der Waals surface area contributed by atoms with Gasteiger partial charge >= 0.3 is 29.8 Å². The van der Waals surface area contributed by atoms with E-state index in [-0.39, 0.29) is 57.2 Å². The molecule has 0 spiro atoms. The third kappa shape index (κ3) is 23.5. The third-order valence-corrected chi connectivity index (χ3v) is 6.78. The van der Waals surface area contributed by atoms with Crippen molar-refractivity contribution in [3.63, 3.8) is 0 Å². The molecule has 0 aliphatic heterocycles. The molecule has 0 saturated heterocycles. The molecule has 322 valence electrons. The molecule has 1 unspecified atom stereocenters. The van der Waals surface area contributed by atoms with Crippen molar-refractivity contribution in [1.82, 2.24) is 0 Å². The van der Waals surface area contributed by atoms with E-state index in [1.54, 1.807) is 37.3 Å². The minimum atomic E-state index is -1.02. The number of aryl methyl sites for hydroxylation is 2. The fraction of sp³-hybridized carbons (Fsp3) is 0.279.